The van der Waals surface area contributed by atoms with Crippen LogP contribution in [-0.4, -0.2) is 25.5 Å². The third-order valence-corrected chi connectivity index (χ3v) is 4.71. The molecule has 3 rings (SSSR count). The second kappa shape index (κ2) is 8.58. The highest BCUT2D eigenvalue weighted by Gasteiger charge is 2.29. The molecule has 1 aromatic heterocycles. The molecular formula is C18H13Cl2N5O6. The maximum atomic E-state index is 12.6. The number of nitrogens with zero attached hydrogens (tertiary/aromatic N) is 4. The molecular weight excluding hydrogens is 453 g/mol. The van der Waals surface area contributed by atoms with Crippen molar-refractivity contribution in [1.82, 2.24) is 9.78 Å². The number of ether oxygens (including phenoxy) is 1. The van der Waals surface area contributed by atoms with Crippen LogP contribution < -0.4 is 10.1 Å². The van der Waals surface area contributed by atoms with E-state index in [1.54, 1.807) is 0 Å². The molecule has 1 heterocycles. The first-order valence-electron chi connectivity index (χ1n) is 8.48. The van der Waals surface area contributed by atoms with E-state index in [2.05, 4.69) is 10.4 Å². The summed E-state index contributed by atoms with van der Waals surface area (Å²) in [6, 6.07) is 7.94. The van der Waals surface area contributed by atoms with Gasteiger partial charge in [0.1, 0.15) is 17.2 Å². The first-order valence-corrected chi connectivity index (χ1v) is 9.24. The number of non-ortho nitro benzene ring substituents is 1. The van der Waals surface area contributed by atoms with Gasteiger partial charge in [-0.1, -0.05) is 23.2 Å². The minimum atomic E-state index is -0.911. The molecule has 3 aromatic rings. The first kappa shape index (κ1) is 22.0. The molecule has 160 valence electrons. The SMILES string of the molecule is Cc1c([N+](=O)[O-])c(C(=O)Nc2cc(Oc3ccc(Cl)cc3Cl)cc([N+](=O)[O-])c2)nn1C. The summed E-state index contributed by atoms with van der Waals surface area (Å²) in [6.07, 6.45) is 0. The van der Waals surface area contributed by atoms with Crippen LogP contribution >= 0.6 is 23.2 Å². The van der Waals surface area contributed by atoms with Crippen LogP contribution in [0, 0.1) is 27.2 Å². The van der Waals surface area contributed by atoms with E-state index in [9.17, 15) is 25.0 Å². The topological polar surface area (TPSA) is 142 Å². The number of amides is 1. The Hall–Kier alpha value is -3.70. The van der Waals surface area contributed by atoms with Crippen molar-refractivity contribution < 1.29 is 19.4 Å². The summed E-state index contributed by atoms with van der Waals surface area (Å²) in [5, 5.41) is 29.4. The molecule has 1 N–H and O–H groups in total. The van der Waals surface area contributed by atoms with Crippen LogP contribution in [0.25, 0.3) is 0 Å². The Morgan fingerprint density at radius 3 is 2.45 bits per heavy atom. The summed E-state index contributed by atoms with van der Waals surface area (Å²) in [5.74, 6) is -0.730. The van der Waals surface area contributed by atoms with Crippen molar-refractivity contribution in [1.29, 1.82) is 0 Å². The van der Waals surface area contributed by atoms with Crippen molar-refractivity contribution in [3.05, 3.63) is 78.1 Å². The average molecular weight is 466 g/mol. The lowest BCUT2D eigenvalue weighted by molar-refractivity contribution is -0.385. The second-order valence-electron chi connectivity index (χ2n) is 6.27. The molecule has 0 aliphatic rings. The van der Waals surface area contributed by atoms with Crippen molar-refractivity contribution in [3.63, 3.8) is 0 Å². The number of benzene rings is 2. The normalized spacial score (nSPS) is 10.6. The average Bonchev–Trinajstić information content (AvgIpc) is 2.99. The zero-order valence-corrected chi connectivity index (χ0v) is 17.5. The summed E-state index contributed by atoms with van der Waals surface area (Å²) in [5.41, 5.74) is -1.13. The van der Waals surface area contributed by atoms with Gasteiger partial charge in [0, 0.05) is 24.2 Å². The lowest BCUT2D eigenvalue weighted by Crippen LogP contribution is -2.14. The maximum Gasteiger partial charge on any atom is 0.322 e. The van der Waals surface area contributed by atoms with E-state index in [-0.39, 0.29) is 33.6 Å². The molecule has 0 aliphatic carbocycles. The van der Waals surface area contributed by atoms with E-state index in [1.165, 1.54) is 42.9 Å². The minimum absolute atomic E-state index is 0.000392. The van der Waals surface area contributed by atoms with E-state index in [0.717, 1.165) is 12.1 Å². The van der Waals surface area contributed by atoms with Gasteiger partial charge in [0.25, 0.3) is 11.6 Å². The largest absolute Gasteiger partial charge is 0.455 e. The smallest absolute Gasteiger partial charge is 0.322 e. The number of aromatic nitrogens is 2. The standard InChI is InChI=1S/C18H13Cl2N5O6/c1-9-17(25(29)30)16(22-23(9)2)18(26)21-11-6-12(24(27)28)8-13(7-11)31-15-4-3-10(19)5-14(15)20/h3-8H,1-2H3,(H,21,26). The number of carbonyl (C=O) groups is 1. The summed E-state index contributed by atoms with van der Waals surface area (Å²) in [6.45, 7) is 1.44. The van der Waals surface area contributed by atoms with E-state index < -0.39 is 27.1 Å². The number of rotatable bonds is 6. The van der Waals surface area contributed by atoms with Gasteiger partial charge in [0.15, 0.2) is 0 Å². The fourth-order valence-corrected chi connectivity index (χ4v) is 3.11. The fraction of sp³-hybridized carbons (Fsp3) is 0.111. The van der Waals surface area contributed by atoms with Gasteiger partial charge < -0.3 is 10.1 Å². The van der Waals surface area contributed by atoms with Crippen LogP contribution in [0.5, 0.6) is 11.5 Å². The highest BCUT2D eigenvalue weighted by molar-refractivity contribution is 6.35. The van der Waals surface area contributed by atoms with E-state index in [4.69, 9.17) is 27.9 Å². The summed E-state index contributed by atoms with van der Waals surface area (Å²) < 4.78 is 6.79. The van der Waals surface area contributed by atoms with Crippen LogP contribution in [0.15, 0.2) is 36.4 Å². The number of carbonyl (C=O) groups excluding carboxylic acids is 1. The molecule has 0 aliphatic heterocycles. The number of nitro benzene ring substituents is 1. The van der Waals surface area contributed by atoms with E-state index >= 15 is 0 Å². The van der Waals surface area contributed by atoms with Gasteiger partial charge in [0.05, 0.1) is 26.6 Å². The maximum absolute atomic E-state index is 12.6. The van der Waals surface area contributed by atoms with E-state index in [1.807, 2.05) is 0 Å². The van der Waals surface area contributed by atoms with Crippen molar-refractivity contribution in [2.24, 2.45) is 7.05 Å². The monoisotopic (exact) mass is 465 g/mol. The Morgan fingerprint density at radius 1 is 1.13 bits per heavy atom. The summed E-state index contributed by atoms with van der Waals surface area (Å²) >= 11 is 11.9. The van der Waals surface area contributed by atoms with Gasteiger partial charge in [-0.2, -0.15) is 5.10 Å². The lowest BCUT2D eigenvalue weighted by atomic mass is 10.2. The Balaban J connectivity index is 1.96. The zero-order chi connectivity index (χ0) is 22.9. The molecule has 0 fully saturated rings. The van der Waals surface area contributed by atoms with Gasteiger partial charge in [-0.3, -0.25) is 29.7 Å². The van der Waals surface area contributed by atoms with Gasteiger partial charge in [0.2, 0.25) is 5.69 Å². The molecule has 0 atom stereocenters. The number of anilines is 1. The highest BCUT2D eigenvalue weighted by atomic mass is 35.5. The first-order chi connectivity index (χ1) is 14.6. The van der Waals surface area contributed by atoms with Crippen LogP contribution in [-0.2, 0) is 7.05 Å². The van der Waals surface area contributed by atoms with Crippen molar-refractivity contribution in [2.45, 2.75) is 6.92 Å². The van der Waals surface area contributed by atoms with Crippen molar-refractivity contribution in [2.75, 3.05) is 5.32 Å². The predicted octanol–water partition coefficient (Wildman–Crippen LogP) is 4.90. The predicted molar refractivity (Wildman–Crippen MR) is 112 cm³/mol. The third kappa shape index (κ3) is 4.73. The molecule has 0 saturated heterocycles. The molecule has 0 unspecified atom stereocenters. The molecule has 11 nitrogen and oxygen atoms in total. The second-order valence-corrected chi connectivity index (χ2v) is 7.11. The lowest BCUT2D eigenvalue weighted by Gasteiger charge is -2.10. The van der Waals surface area contributed by atoms with Gasteiger partial charge in [-0.15, -0.1) is 0 Å². The summed E-state index contributed by atoms with van der Waals surface area (Å²) in [4.78, 5) is 33.8. The van der Waals surface area contributed by atoms with Gasteiger partial charge in [-0.05, 0) is 25.1 Å². The van der Waals surface area contributed by atoms with Crippen LogP contribution in [0.4, 0.5) is 17.1 Å². The zero-order valence-electron chi connectivity index (χ0n) is 16.0. The molecule has 0 radical (unpaired) electrons. The van der Waals surface area contributed by atoms with Crippen LogP contribution in [0.3, 0.4) is 0 Å². The number of hydrogen-bond donors (Lipinski definition) is 1. The fourth-order valence-electron chi connectivity index (χ4n) is 2.66. The van der Waals surface area contributed by atoms with Crippen LogP contribution in [0.2, 0.25) is 10.0 Å². The quantitative estimate of drug-likeness (QED) is 0.402. The van der Waals surface area contributed by atoms with Gasteiger partial charge >= 0.3 is 5.69 Å². The molecule has 13 heteroatoms. The Bertz CT molecular complexity index is 1230. The minimum Gasteiger partial charge on any atom is -0.455 e. The number of hydrogen-bond acceptors (Lipinski definition) is 7. The van der Waals surface area contributed by atoms with Gasteiger partial charge in [-0.25, -0.2) is 0 Å². The Labute approximate surface area is 184 Å². The highest BCUT2D eigenvalue weighted by Crippen LogP contribution is 2.35. The molecule has 2 aromatic carbocycles. The molecule has 1 amide bonds. The van der Waals surface area contributed by atoms with Crippen LogP contribution in [0.1, 0.15) is 16.2 Å². The Kier molecular flexibility index (Phi) is 6.09. The molecule has 0 saturated carbocycles. The Morgan fingerprint density at radius 2 is 1.84 bits per heavy atom. The third-order valence-electron chi connectivity index (χ3n) is 4.18. The molecule has 0 bridgehead atoms. The summed E-state index contributed by atoms with van der Waals surface area (Å²) in [7, 11) is 1.45. The van der Waals surface area contributed by atoms with E-state index in [0.29, 0.717) is 5.02 Å². The number of aryl methyl sites for hydroxylation is 1. The van der Waals surface area contributed by atoms with Crippen molar-refractivity contribution >= 4 is 46.2 Å². The number of halogens is 2. The number of nitrogens with one attached hydrogen (secondary N) is 1. The van der Waals surface area contributed by atoms with Crippen molar-refractivity contribution in [3.8, 4) is 11.5 Å². The molecule has 31 heavy (non-hydrogen) atoms. The number of nitro groups is 2. The molecule has 0 spiro atoms.